The van der Waals surface area contributed by atoms with Gasteiger partial charge in [0, 0.05) is 25.4 Å². The Bertz CT molecular complexity index is 1040. The van der Waals surface area contributed by atoms with Crippen LogP contribution in [0.2, 0.25) is 0 Å². The molecule has 1 aliphatic heterocycles. The van der Waals surface area contributed by atoms with E-state index in [1.54, 1.807) is 6.20 Å². The second-order valence-corrected chi connectivity index (χ2v) is 9.02. The molecule has 188 valence electrons. The number of piperidine rings is 1. The normalized spacial score (nSPS) is 17.0. The maximum Gasteiger partial charge on any atom is 0.341 e. The van der Waals surface area contributed by atoms with Crippen LogP contribution in [0.5, 0.6) is 11.9 Å². The summed E-state index contributed by atoms with van der Waals surface area (Å²) in [6, 6.07) is 4.06. The highest BCUT2D eigenvalue weighted by molar-refractivity contribution is 5.93. The summed E-state index contributed by atoms with van der Waals surface area (Å²) >= 11 is 0. The summed E-state index contributed by atoms with van der Waals surface area (Å²) in [7, 11) is 1.45. The molecule has 0 aromatic carbocycles. The molecule has 4 rings (SSSR count). The van der Waals surface area contributed by atoms with E-state index in [0.29, 0.717) is 56.3 Å². The van der Waals surface area contributed by atoms with E-state index in [1.807, 2.05) is 24.0 Å². The Morgan fingerprint density at radius 1 is 1.20 bits per heavy atom. The van der Waals surface area contributed by atoms with Crippen LogP contribution < -0.4 is 14.4 Å². The fourth-order valence-electron chi connectivity index (χ4n) is 4.55. The molecule has 2 aromatic rings. The molecule has 0 spiro atoms. The van der Waals surface area contributed by atoms with Crippen molar-refractivity contribution >= 4 is 17.8 Å². The number of carboxylic acids is 1. The Morgan fingerprint density at radius 3 is 2.63 bits per heavy atom. The molecule has 1 saturated heterocycles. The number of rotatable bonds is 11. The van der Waals surface area contributed by atoms with Gasteiger partial charge in [-0.3, -0.25) is 4.79 Å². The number of anilines is 1. The highest BCUT2D eigenvalue weighted by atomic mass is 16.5. The first-order valence-corrected chi connectivity index (χ1v) is 12.1. The summed E-state index contributed by atoms with van der Waals surface area (Å²) in [6.07, 6.45) is 7.33. The number of esters is 1. The first-order chi connectivity index (χ1) is 17.0. The van der Waals surface area contributed by atoms with Crippen molar-refractivity contribution in [1.29, 1.82) is 0 Å². The Hall–Kier alpha value is -3.43. The maximum atomic E-state index is 12.1. The molecule has 2 aromatic heterocycles. The van der Waals surface area contributed by atoms with Crippen LogP contribution in [0, 0.1) is 11.8 Å². The van der Waals surface area contributed by atoms with E-state index >= 15 is 0 Å². The summed E-state index contributed by atoms with van der Waals surface area (Å²) in [5, 5.41) is 9.50. The van der Waals surface area contributed by atoms with Crippen LogP contribution in [-0.4, -0.2) is 65.4 Å². The zero-order valence-electron chi connectivity index (χ0n) is 20.2. The molecule has 0 radical (unpaired) electrons. The van der Waals surface area contributed by atoms with E-state index in [4.69, 9.17) is 14.2 Å². The zero-order chi connectivity index (χ0) is 24.8. The van der Waals surface area contributed by atoms with Crippen LogP contribution in [0.25, 0.3) is 0 Å². The molecule has 10 nitrogen and oxygen atoms in total. The molecule has 1 N–H and O–H groups in total. The van der Waals surface area contributed by atoms with Crippen LogP contribution in [-0.2, 0) is 9.53 Å². The van der Waals surface area contributed by atoms with E-state index in [2.05, 4.69) is 15.0 Å². The van der Waals surface area contributed by atoms with E-state index in [0.717, 1.165) is 31.2 Å². The Balaban J connectivity index is 1.33. The molecule has 0 bridgehead atoms. The number of aromatic nitrogens is 3. The van der Waals surface area contributed by atoms with Crippen molar-refractivity contribution < 1.29 is 28.9 Å². The number of aromatic carboxylic acids is 1. The molecule has 10 heteroatoms. The molecule has 35 heavy (non-hydrogen) atoms. The largest absolute Gasteiger partial charge is 0.477 e. The van der Waals surface area contributed by atoms with Crippen LogP contribution in [0.4, 0.5) is 5.82 Å². The summed E-state index contributed by atoms with van der Waals surface area (Å²) < 4.78 is 16.3. The van der Waals surface area contributed by atoms with Crippen LogP contribution in [0.15, 0.2) is 24.5 Å². The van der Waals surface area contributed by atoms with Crippen molar-refractivity contribution in [2.75, 3.05) is 38.3 Å². The second-order valence-electron chi connectivity index (χ2n) is 9.02. The third kappa shape index (κ3) is 6.37. The van der Waals surface area contributed by atoms with Crippen LogP contribution in [0.3, 0.4) is 0 Å². The molecule has 1 aliphatic carbocycles. The van der Waals surface area contributed by atoms with E-state index < -0.39 is 5.97 Å². The predicted molar refractivity (Wildman–Crippen MR) is 127 cm³/mol. The minimum Gasteiger partial charge on any atom is -0.477 e. The Morgan fingerprint density at radius 2 is 1.97 bits per heavy atom. The first-order valence-electron chi connectivity index (χ1n) is 12.1. The van der Waals surface area contributed by atoms with Crippen molar-refractivity contribution in [3.8, 4) is 11.9 Å². The first kappa shape index (κ1) is 24.7. The fourth-order valence-corrected chi connectivity index (χ4v) is 4.55. The number of pyridine rings is 1. The summed E-state index contributed by atoms with van der Waals surface area (Å²) in [5.74, 6) is 0.673. The number of carboxylic acid groups (broad SMARTS) is 1. The second kappa shape index (κ2) is 11.3. The highest BCUT2D eigenvalue weighted by Crippen LogP contribution is 2.45. The molecule has 1 saturated carbocycles. The minimum absolute atomic E-state index is 0.0644. The number of carbonyl (C=O) groups is 2. The Kier molecular flexibility index (Phi) is 7.99. The van der Waals surface area contributed by atoms with E-state index in [1.165, 1.54) is 13.3 Å². The van der Waals surface area contributed by atoms with Gasteiger partial charge in [-0.2, -0.15) is 4.98 Å². The molecule has 2 fully saturated rings. The number of carbonyl (C=O) groups excluding carboxylic acids is 1. The lowest BCUT2D eigenvalue weighted by Gasteiger charge is -2.33. The SMILES string of the molecule is CCOC(=O)CC(c1ccnc(OCC2CCN(c3nc(OC)ncc3C(=O)O)CC2)c1)C1CC1. The summed E-state index contributed by atoms with van der Waals surface area (Å²) in [5.41, 5.74) is 1.13. The predicted octanol–water partition coefficient (Wildman–Crippen LogP) is 3.32. The van der Waals surface area contributed by atoms with Crippen molar-refractivity contribution in [3.05, 3.63) is 35.7 Å². The number of hydrogen-bond acceptors (Lipinski definition) is 9. The number of nitrogens with zero attached hydrogens (tertiary/aromatic N) is 4. The minimum atomic E-state index is -1.06. The van der Waals surface area contributed by atoms with E-state index in [9.17, 15) is 14.7 Å². The molecule has 3 heterocycles. The van der Waals surface area contributed by atoms with Crippen molar-refractivity contribution in [2.24, 2.45) is 11.8 Å². The molecule has 2 aliphatic rings. The summed E-state index contributed by atoms with van der Waals surface area (Å²) in [6.45, 7) is 4.05. The van der Waals surface area contributed by atoms with Crippen molar-refractivity contribution in [1.82, 2.24) is 15.0 Å². The number of ether oxygens (including phenoxy) is 3. The number of hydrogen-bond donors (Lipinski definition) is 1. The third-order valence-electron chi connectivity index (χ3n) is 6.61. The average molecular weight is 485 g/mol. The van der Waals surface area contributed by atoms with Crippen molar-refractivity contribution in [2.45, 2.75) is 44.9 Å². The quantitative estimate of drug-likeness (QED) is 0.475. The van der Waals surface area contributed by atoms with Gasteiger partial charge in [0.2, 0.25) is 5.88 Å². The van der Waals surface area contributed by atoms with Crippen molar-refractivity contribution in [3.63, 3.8) is 0 Å². The van der Waals surface area contributed by atoms with Gasteiger partial charge in [0.25, 0.3) is 0 Å². The average Bonchev–Trinajstić information content (AvgIpc) is 3.71. The smallest absolute Gasteiger partial charge is 0.341 e. The van der Waals surface area contributed by atoms with Gasteiger partial charge in [0.05, 0.1) is 32.9 Å². The molecule has 0 amide bonds. The van der Waals surface area contributed by atoms with Gasteiger partial charge in [0.1, 0.15) is 5.56 Å². The van der Waals surface area contributed by atoms with Gasteiger partial charge in [-0.15, -0.1) is 0 Å². The summed E-state index contributed by atoms with van der Waals surface area (Å²) in [4.78, 5) is 38.2. The lowest BCUT2D eigenvalue weighted by molar-refractivity contribution is -0.143. The van der Waals surface area contributed by atoms with Gasteiger partial charge in [-0.1, -0.05) is 0 Å². The third-order valence-corrected chi connectivity index (χ3v) is 6.61. The molecular formula is C25H32N4O6. The van der Waals surface area contributed by atoms with Gasteiger partial charge in [0.15, 0.2) is 5.82 Å². The molecule has 1 unspecified atom stereocenters. The lowest BCUT2D eigenvalue weighted by Crippen LogP contribution is -2.37. The monoisotopic (exact) mass is 484 g/mol. The van der Waals surface area contributed by atoms with E-state index in [-0.39, 0.29) is 23.5 Å². The van der Waals surface area contributed by atoms with Crippen LogP contribution >= 0.6 is 0 Å². The molecular weight excluding hydrogens is 452 g/mol. The lowest BCUT2D eigenvalue weighted by atomic mass is 9.92. The fraction of sp³-hybridized carbons (Fsp3) is 0.560. The molecule has 1 atom stereocenters. The van der Waals surface area contributed by atoms with Gasteiger partial charge in [-0.05, 0) is 62.0 Å². The van der Waals surface area contributed by atoms with Crippen LogP contribution in [0.1, 0.15) is 60.9 Å². The standard InChI is InChI=1S/C25H32N4O6/c1-3-34-22(30)13-19(17-4-5-17)18-6-9-26-21(12-18)35-15-16-7-10-29(11-8-16)23-20(24(31)32)14-27-25(28-23)33-2/h6,9,12,14,16-17,19H,3-5,7-8,10-11,13,15H2,1-2H3,(H,31,32). The maximum absolute atomic E-state index is 12.1. The highest BCUT2D eigenvalue weighted by Gasteiger charge is 2.34. The van der Waals surface area contributed by atoms with Gasteiger partial charge in [-0.25, -0.2) is 14.8 Å². The zero-order valence-corrected chi connectivity index (χ0v) is 20.2. The Labute approximate surface area is 204 Å². The number of methoxy groups -OCH3 is 1. The topological polar surface area (TPSA) is 124 Å². The van der Waals surface area contributed by atoms with Gasteiger partial charge < -0.3 is 24.2 Å². The van der Waals surface area contributed by atoms with Gasteiger partial charge >= 0.3 is 17.9 Å².